The van der Waals surface area contributed by atoms with Gasteiger partial charge in [0.25, 0.3) is 0 Å². The highest BCUT2D eigenvalue weighted by atomic mass is 16.1. The molecule has 0 amide bonds. The van der Waals surface area contributed by atoms with E-state index >= 15 is 0 Å². The number of hydrogen-bond acceptors (Lipinski definition) is 1. The lowest BCUT2D eigenvalue weighted by Crippen LogP contribution is -2.05. The molecule has 0 rings (SSSR count). The molecule has 0 atom stereocenters. The monoisotopic (exact) mass is 338 g/mol. The van der Waals surface area contributed by atoms with Gasteiger partial charge in [0.2, 0.25) is 0 Å². The molecule has 0 saturated heterocycles. The van der Waals surface area contributed by atoms with E-state index in [2.05, 4.69) is 6.92 Å². The van der Waals surface area contributed by atoms with Gasteiger partial charge in [-0.25, -0.2) is 0 Å². The Kier molecular flexibility index (Phi) is 18.7. The Labute approximate surface area is 153 Å². The Hall–Kier alpha value is -0.330. The van der Waals surface area contributed by atoms with Crippen LogP contribution in [-0.2, 0) is 4.79 Å². The summed E-state index contributed by atoms with van der Waals surface area (Å²) in [6.45, 7) is 6.31. The lowest BCUT2D eigenvalue weighted by atomic mass is 10.0. The Morgan fingerprint density at radius 1 is 0.542 bits per heavy atom. The summed E-state index contributed by atoms with van der Waals surface area (Å²) in [5.74, 6) is 0.669. The van der Waals surface area contributed by atoms with Crippen molar-refractivity contribution >= 4 is 5.78 Å². The third-order valence-electron chi connectivity index (χ3n) is 5.17. The molecule has 0 aromatic heterocycles. The van der Waals surface area contributed by atoms with Gasteiger partial charge in [0.15, 0.2) is 0 Å². The van der Waals surface area contributed by atoms with Crippen LogP contribution in [0.5, 0.6) is 0 Å². The van der Waals surface area contributed by atoms with Crippen molar-refractivity contribution < 1.29 is 4.79 Å². The second-order valence-corrected chi connectivity index (χ2v) is 8.03. The molecule has 0 bridgehead atoms. The molecule has 0 radical (unpaired) electrons. The summed E-state index contributed by atoms with van der Waals surface area (Å²) in [6.07, 6.45) is 24.5. The van der Waals surface area contributed by atoms with Gasteiger partial charge in [-0.15, -0.1) is 0 Å². The summed E-state index contributed by atoms with van der Waals surface area (Å²) in [6, 6.07) is 0. The highest BCUT2D eigenvalue weighted by Crippen LogP contribution is 2.14. The average Bonchev–Trinajstić information content (AvgIpc) is 2.57. The standard InChI is InChI=1S/C23H46O/c1-4-5-6-7-8-9-10-11-12-13-14-15-16-17-18-19-20-21-23(24)22(2)3/h22H,4-21H2,1-3H3. The summed E-state index contributed by atoms with van der Waals surface area (Å²) >= 11 is 0. The highest BCUT2D eigenvalue weighted by Gasteiger charge is 2.05. The van der Waals surface area contributed by atoms with Crippen LogP contribution in [0.2, 0.25) is 0 Å². The molecular weight excluding hydrogens is 292 g/mol. The van der Waals surface area contributed by atoms with Crippen molar-refractivity contribution in [2.24, 2.45) is 5.92 Å². The van der Waals surface area contributed by atoms with E-state index in [0.717, 1.165) is 12.8 Å². The van der Waals surface area contributed by atoms with Crippen molar-refractivity contribution in [2.45, 2.75) is 136 Å². The van der Waals surface area contributed by atoms with Gasteiger partial charge in [-0.3, -0.25) is 4.79 Å². The third kappa shape index (κ3) is 18.0. The molecule has 0 aliphatic carbocycles. The van der Waals surface area contributed by atoms with Crippen molar-refractivity contribution in [3.05, 3.63) is 0 Å². The van der Waals surface area contributed by atoms with Gasteiger partial charge < -0.3 is 0 Å². The molecule has 0 aromatic carbocycles. The molecule has 0 unspecified atom stereocenters. The molecule has 144 valence electrons. The maximum absolute atomic E-state index is 11.5. The van der Waals surface area contributed by atoms with Crippen LogP contribution in [0.15, 0.2) is 0 Å². The first-order chi connectivity index (χ1) is 11.7. The minimum Gasteiger partial charge on any atom is -0.299 e. The van der Waals surface area contributed by atoms with E-state index in [1.54, 1.807) is 0 Å². The van der Waals surface area contributed by atoms with Gasteiger partial charge in [0, 0.05) is 12.3 Å². The summed E-state index contributed by atoms with van der Waals surface area (Å²) < 4.78 is 0. The quantitative estimate of drug-likeness (QED) is 0.217. The van der Waals surface area contributed by atoms with Gasteiger partial charge in [-0.1, -0.05) is 124 Å². The number of hydrogen-bond donors (Lipinski definition) is 0. The molecular formula is C23H46O. The molecule has 0 heterocycles. The van der Waals surface area contributed by atoms with Crippen LogP contribution in [0.25, 0.3) is 0 Å². The first-order valence-corrected chi connectivity index (χ1v) is 11.2. The van der Waals surface area contributed by atoms with Crippen LogP contribution < -0.4 is 0 Å². The Balaban J connectivity index is 3.04. The van der Waals surface area contributed by atoms with Crippen LogP contribution in [0.1, 0.15) is 136 Å². The number of ketones is 1. The van der Waals surface area contributed by atoms with Crippen LogP contribution in [-0.4, -0.2) is 5.78 Å². The van der Waals surface area contributed by atoms with Crippen molar-refractivity contribution in [3.8, 4) is 0 Å². The number of Topliss-reactive ketones (excluding diaryl/α,β-unsaturated/α-hetero) is 1. The molecule has 24 heavy (non-hydrogen) atoms. The van der Waals surface area contributed by atoms with E-state index in [0.29, 0.717) is 5.78 Å². The minimum atomic E-state index is 0.228. The Morgan fingerprint density at radius 3 is 1.12 bits per heavy atom. The molecule has 0 aliphatic rings. The second-order valence-electron chi connectivity index (χ2n) is 8.03. The van der Waals surface area contributed by atoms with Crippen molar-refractivity contribution in [1.29, 1.82) is 0 Å². The van der Waals surface area contributed by atoms with Crippen LogP contribution in [0, 0.1) is 5.92 Å². The van der Waals surface area contributed by atoms with Crippen molar-refractivity contribution in [1.82, 2.24) is 0 Å². The molecule has 0 N–H and O–H groups in total. The Morgan fingerprint density at radius 2 is 0.833 bits per heavy atom. The first kappa shape index (κ1) is 23.7. The SMILES string of the molecule is CCCCCCCCCCCCCCCCCCCC(=O)C(C)C. The van der Waals surface area contributed by atoms with Gasteiger partial charge in [-0.2, -0.15) is 0 Å². The molecule has 0 spiro atoms. The molecule has 0 saturated carbocycles. The molecule has 0 aromatic rings. The topological polar surface area (TPSA) is 17.1 Å². The zero-order valence-electron chi connectivity index (χ0n) is 17.2. The van der Waals surface area contributed by atoms with Crippen molar-refractivity contribution in [2.75, 3.05) is 0 Å². The molecule has 0 aliphatic heterocycles. The smallest absolute Gasteiger partial charge is 0.135 e. The lowest BCUT2D eigenvalue weighted by molar-refractivity contribution is -0.122. The number of carbonyl (C=O) groups excluding carboxylic acids is 1. The van der Waals surface area contributed by atoms with Crippen molar-refractivity contribution in [3.63, 3.8) is 0 Å². The van der Waals surface area contributed by atoms with Crippen LogP contribution >= 0.6 is 0 Å². The van der Waals surface area contributed by atoms with E-state index in [-0.39, 0.29) is 5.92 Å². The highest BCUT2D eigenvalue weighted by molar-refractivity contribution is 5.80. The number of unbranched alkanes of at least 4 members (excludes halogenated alkanes) is 16. The third-order valence-corrected chi connectivity index (χ3v) is 5.17. The number of carbonyl (C=O) groups is 1. The predicted octanol–water partition coefficient (Wildman–Crippen LogP) is 8.25. The lowest BCUT2D eigenvalue weighted by Gasteiger charge is -2.04. The zero-order chi connectivity index (χ0) is 17.9. The number of rotatable bonds is 19. The fourth-order valence-corrected chi connectivity index (χ4v) is 3.31. The fourth-order valence-electron chi connectivity index (χ4n) is 3.31. The predicted molar refractivity (Wildman–Crippen MR) is 109 cm³/mol. The summed E-state index contributed by atoms with van der Waals surface area (Å²) in [7, 11) is 0. The summed E-state index contributed by atoms with van der Waals surface area (Å²) in [5, 5.41) is 0. The molecule has 0 fully saturated rings. The van der Waals surface area contributed by atoms with Gasteiger partial charge in [0.05, 0.1) is 0 Å². The van der Waals surface area contributed by atoms with E-state index in [1.165, 1.54) is 103 Å². The van der Waals surface area contributed by atoms with Crippen LogP contribution in [0.4, 0.5) is 0 Å². The summed E-state index contributed by atoms with van der Waals surface area (Å²) in [4.78, 5) is 11.5. The average molecular weight is 339 g/mol. The maximum atomic E-state index is 11.5. The fraction of sp³-hybridized carbons (Fsp3) is 0.957. The first-order valence-electron chi connectivity index (χ1n) is 11.2. The normalized spacial score (nSPS) is 11.3. The minimum absolute atomic E-state index is 0.228. The zero-order valence-corrected chi connectivity index (χ0v) is 17.2. The van der Waals surface area contributed by atoms with Gasteiger partial charge in [-0.05, 0) is 6.42 Å². The van der Waals surface area contributed by atoms with Crippen LogP contribution in [0.3, 0.4) is 0 Å². The molecule has 1 nitrogen and oxygen atoms in total. The second kappa shape index (κ2) is 19.0. The maximum Gasteiger partial charge on any atom is 0.135 e. The largest absolute Gasteiger partial charge is 0.299 e. The Bertz CT molecular complexity index is 257. The van der Waals surface area contributed by atoms with E-state index in [4.69, 9.17) is 0 Å². The van der Waals surface area contributed by atoms with Gasteiger partial charge in [0.1, 0.15) is 5.78 Å². The van der Waals surface area contributed by atoms with E-state index in [9.17, 15) is 4.79 Å². The summed E-state index contributed by atoms with van der Waals surface area (Å²) in [5.41, 5.74) is 0. The van der Waals surface area contributed by atoms with E-state index in [1.807, 2.05) is 13.8 Å². The molecule has 1 heteroatoms. The van der Waals surface area contributed by atoms with E-state index < -0.39 is 0 Å². The van der Waals surface area contributed by atoms with Gasteiger partial charge >= 0.3 is 0 Å².